The molecule has 0 bridgehead atoms. The molecule has 2 heterocycles. The average Bonchev–Trinajstić information content (AvgIpc) is 3.20. The third-order valence-electron chi connectivity index (χ3n) is 5.79. The van der Waals surface area contributed by atoms with Gasteiger partial charge in [-0.1, -0.05) is 6.07 Å². The molecule has 126 valence electrons. The summed E-state index contributed by atoms with van der Waals surface area (Å²) < 4.78 is 2.44. The molecular formula is C21H26N2O. The number of hydrogen-bond donors (Lipinski definition) is 0. The van der Waals surface area contributed by atoms with Crippen molar-refractivity contribution in [3.8, 4) is 0 Å². The number of carbonyl (C=O) groups excluding carboxylic acids is 1. The van der Waals surface area contributed by atoms with Crippen LogP contribution in [0.2, 0.25) is 0 Å². The maximum atomic E-state index is 12.8. The van der Waals surface area contributed by atoms with Gasteiger partial charge in [-0.2, -0.15) is 0 Å². The second-order valence-electron chi connectivity index (χ2n) is 7.35. The van der Waals surface area contributed by atoms with E-state index in [-0.39, 0.29) is 5.91 Å². The van der Waals surface area contributed by atoms with Gasteiger partial charge in [-0.25, -0.2) is 0 Å². The number of fused-ring (bicyclic) bond motifs is 1. The fourth-order valence-corrected chi connectivity index (χ4v) is 4.47. The summed E-state index contributed by atoms with van der Waals surface area (Å²) in [5, 5.41) is 0. The van der Waals surface area contributed by atoms with Crippen LogP contribution < -0.4 is 0 Å². The first kappa shape index (κ1) is 15.5. The number of benzene rings is 1. The maximum absolute atomic E-state index is 12.8. The molecule has 24 heavy (non-hydrogen) atoms. The number of likely N-dealkylation sites (tertiary alicyclic amines) is 1. The van der Waals surface area contributed by atoms with Crippen LogP contribution in [-0.2, 0) is 12.8 Å². The first-order valence-corrected chi connectivity index (χ1v) is 9.19. The van der Waals surface area contributed by atoms with Crippen LogP contribution in [0.1, 0.15) is 58.2 Å². The number of rotatable bonds is 2. The highest BCUT2D eigenvalue weighted by molar-refractivity contribution is 5.94. The van der Waals surface area contributed by atoms with Gasteiger partial charge in [0, 0.05) is 36.1 Å². The minimum absolute atomic E-state index is 0.212. The van der Waals surface area contributed by atoms with Gasteiger partial charge in [0.1, 0.15) is 0 Å². The topological polar surface area (TPSA) is 25.2 Å². The lowest BCUT2D eigenvalue weighted by atomic mass is 10.0. The molecule has 1 saturated heterocycles. The Morgan fingerprint density at radius 2 is 1.62 bits per heavy atom. The van der Waals surface area contributed by atoms with Crippen molar-refractivity contribution in [2.24, 2.45) is 0 Å². The SMILES string of the molecule is Cc1ccc(C)n1C1CCN(C(=O)c2ccc3c(c2)CCC3)CC1. The van der Waals surface area contributed by atoms with Gasteiger partial charge in [0.25, 0.3) is 5.91 Å². The third kappa shape index (κ3) is 2.66. The van der Waals surface area contributed by atoms with Gasteiger partial charge in [0.05, 0.1) is 0 Å². The molecule has 1 aliphatic heterocycles. The van der Waals surface area contributed by atoms with Crippen LogP contribution in [0.4, 0.5) is 0 Å². The first-order valence-electron chi connectivity index (χ1n) is 9.19. The van der Waals surface area contributed by atoms with Crippen molar-refractivity contribution >= 4 is 5.91 Å². The predicted octanol–water partition coefficient (Wildman–Crippen LogP) is 4.07. The molecule has 3 heteroatoms. The Morgan fingerprint density at radius 3 is 2.33 bits per heavy atom. The van der Waals surface area contributed by atoms with E-state index in [0.717, 1.165) is 37.9 Å². The number of piperidine rings is 1. The second kappa shape index (κ2) is 6.12. The standard InChI is InChI=1S/C21H26N2O/c1-15-6-7-16(2)23(15)20-10-12-22(13-11-20)21(24)19-9-8-17-4-3-5-18(17)14-19/h6-9,14,20H,3-5,10-13H2,1-2H3. The van der Waals surface area contributed by atoms with Gasteiger partial charge < -0.3 is 9.47 Å². The van der Waals surface area contributed by atoms with Crippen LogP contribution in [0.25, 0.3) is 0 Å². The van der Waals surface area contributed by atoms with Crippen LogP contribution in [0.5, 0.6) is 0 Å². The van der Waals surface area contributed by atoms with Crippen LogP contribution in [0.3, 0.4) is 0 Å². The van der Waals surface area contributed by atoms with Gasteiger partial charge >= 0.3 is 0 Å². The molecule has 1 aromatic carbocycles. The lowest BCUT2D eigenvalue weighted by molar-refractivity contribution is 0.0693. The maximum Gasteiger partial charge on any atom is 0.253 e. The van der Waals surface area contributed by atoms with Crippen molar-refractivity contribution in [2.75, 3.05) is 13.1 Å². The summed E-state index contributed by atoms with van der Waals surface area (Å²) in [6.45, 7) is 6.07. The van der Waals surface area contributed by atoms with E-state index in [0.29, 0.717) is 6.04 Å². The molecule has 0 spiro atoms. The molecule has 1 aromatic heterocycles. The number of hydrogen-bond acceptors (Lipinski definition) is 1. The van der Waals surface area contributed by atoms with Crippen LogP contribution in [0, 0.1) is 13.8 Å². The Kier molecular flexibility index (Phi) is 3.95. The fourth-order valence-electron chi connectivity index (χ4n) is 4.47. The molecule has 2 aliphatic rings. The third-order valence-corrected chi connectivity index (χ3v) is 5.79. The molecule has 4 rings (SSSR count). The zero-order valence-electron chi connectivity index (χ0n) is 14.7. The van der Waals surface area contributed by atoms with Crippen molar-refractivity contribution in [1.29, 1.82) is 0 Å². The molecule has 2 aromatic rings. The van der Waals surface area contributed by atoms with E-state index in [9.17, 15) is 4.79 Å². The molecule has 1 aliphatic carbocycles. The van der Waals surface area contributed by atoms with Gasteiger partial charge in [0.2, 0.25) is 0 Å². The van der Waals surface area contributed by atoms with Gasteiger partial charge in [-0.3, -0.25) is 4.79 Å². The summed E-state index contributed by atoms with van der Waals surface area (Å²) in [7, 11) is 0. The zero-order valence-corrected chi connectivity index (χ0v) is 14.7. The summed E-state index contributed by atoms with van der Waals surface area (Å²) in [5.41, 5.74) is 6.35. The molecular weight excluding hydrogens is 296 g/mol. The number of amides is 1. The number of carbonyl (C=O) groups is 1. The molecule has 3 nitrogen and oxygen atoms in total. The Morgan fingerprint density at radius 1 is 0.958 bits per heavy atom. The highest BCUT2D eigenvalue weighted by Gasteiger charge is 2.26. The van der Waals surface area contributed by atoms with Crippen molar-refractivity contribution in [3.63, 3.8) is 0 Å². The quantitative estimate of drug-likeness (QED) is 0.818. The van der Waals surface area contributed by atoms with Gasteiger partial charge in [-0.15, -0.1) is 0 Å². The number of nitrogens with zero attached hydrogens (tertiary/aromatic N) is 2. The molecule has 0 N–H and O–H groups in total. The summed E-state index contributed by atoms with van der Waals surface area (Å²) in [4.78, 5) is 14.9. The van der Waals surface area contributed by atoms with Crippen LogP contribution in [0.15, 0.2) is 30.3 Å². The fraction of sp³-hybridized carbons (Fsp3) is 0.476. The lowest BCUT2D eigenvalue weighted by Gasteiger charge is -2.34. The highest BCUT2D eigenvalue weighted by atomic mass is 16.2. The Labute approximate surface area is 144 Å². The molecule has 0 radical (unpaired) electrons. The predicted molar refractivity (Wildman–Crippen MR) is 96.5 cm³/mol. The van der Waals surface area contributed by atoms with E-state index in [2.05, 4.69) is 42.7 Å². The van der Waals surface area contributed by atoms with Crippen LogP contribution >= 0.6 is 0 Å². The van der Waals surface area contributed by atoms with Crippen molar-refractivity contribution in [2.45, 2.75) is 52.0 Å². The summed E-state index contributed by atoms with van der Waals surface area (Å²) >= 11 is 0. The zero-order chi connectivity index (χ0) is 16.7. The molecule has 0 unspecified atom stereocenters. The largest absolute Gasteiger partial charge is 0.346 e. The Hall–Kier alpha value is -2.03. The highest BCUT2D eigenvalue weighted by Crippen LogP contribution is 2.28. The Balaban J connectivity index is 1.45. The van der Waals surface area contributed by atoms with Gasteiger partial charge in [0.15, 0.2) is 0 Å². The smallest absolute Gasteiger partial charge is 0.253 e. The summed E-state index contributed by atoms with van der Waals surface area (Å²) in [5.74, 6) is 0.212. The van der Waals surface area contributed by atoms with E-state index < -0.39 is 0 Å². The van der Waals surface area contributed by atoms with Gasteiger partial charge in [-0.05, 0) is 81.3 Å². The molecule has 0 atom stereocenters. The van der Waals surface area contributed by atoms with E-state index in [1.807, 2.05) is 11.0 Å². The van der Waals surface area contributed by atoms with E-state index in [4.69, 9.17) is 0 Å². The molecule has 1 fully saturated rings. The second-order valence-corrected chi connectivity index (χ2v) is 7.35. The lowest BCUT2D eigenvalue weighted by Crippen LogP contribution is -2.39. The monoisotopic (exact) mass is 322 g/mol. The summed E-state index contributed by atoms with van der Waals surface area (Å²) in [6, 6.07) is 11.2. The Bertz CT molecular complexity index is 747. The molecule has 1 amide bonds. The van der Waals surface area contributed by atoms with Crippen LogP contribution in [-0.4, -0.2) is 28.5 Å². The minimum Gasteiger partial charge on any atom is -0.346 e. The van der Waals surface area contributed by atoms with E-state index in [1.54, 1.807) is 0 Å². The van der Waals surface area contributed by atoms with E-state index >= 15 is 0 Å². The van der Waals surface area contributed by atoms with E-state index in [1.165, 1.54) is 35.4 Å². The van der Waals surface area contributed by atoms with Crippen molar-refractivity contribution in [3.05, 3.63) is 58.4 Å². The molecule has 0 saturated carbocycles. The number of aryl methyl sites for hydroxylation is 4. The van der Waals surface area contributed by atoms with Crippen molar-refractivity contribution < 1.29 is 4.79 Å². The normalized spacial score (nSPS) is 18.0. The number of aromatic nitrogens is 1. The van der Waals surface area contributed by atoms with Crippen molar-refractivity contribution in [1.82, 2.24) is 9.47 Å². The summed E-state index contributed by atoms with van der Waals surface area (Å²) in [6.07, 6.45) is 5.63. The minimum atomic E-state index is 0.212. The first-order chi connectivity index (χ1) is 11.6. The average molecular weight is 322 g/mol.